The number of hydrogen-bond acceptors (Lipinski definition) is 4. The molecule has 0 aliphatic rings. The first-order chi connectivity index (χ1) is 9.54. The van der Waals surface area contributed by atoms with Crippen molar-refractivity contribution >= 4 is 18.5 Å². The molecule has 106 valence electrons. The van der Waals surface area contributed by atoms with E-state index in [0.717, 1.165) is 11.1 Å². The molecule has 2 aromatic rings. The fourth-order valence-corrected chi connectivity index (χ4v) is 3.21. The number of aryl methyl sites for hydroxylation is 2. The Labute approximate surface area is 124 Å². The molecule has 0 atom stereocenters. The van der Waals surface area contributed by atoms with E-state index in [-0.39, 0.29) is 0 Å². The highest BCUT2D eigenvalue weighted by Crippen LogP contribution is 2.50. The predicted molar refractivity (Wildman–Crippen MR) is 84.9 cm³/mol. The highest BCUT2D eigenvalue weighted by molar-refractivity contribution is 8.07. The van der Waals surface area contributed by atoms with Gasteiger partial charge in [0.05, 0.1) is 0 Å². The van der Waals surface area contributed by atoms with E-state index >= 15 is 0 Å². The normalized spacial score (nSPS) is 11.2. The molecule has 0 saturated heterocycles. The van der Waals surface area contributed by atoms with Gasteiger partial charge in [0, 0.05) is 18.9 Å². The second-order valence-corrected chi connectivity index (χ2v) is 7.31. The first-order valence-electron chi connectivity index (χ1n) is 6.20. The second-order valence-electron chi connectivity index (χ2n) is 4.34. The molecule has 2 rings (SSSR count). The van der Waals surface area contributed by atoms with E-state index < -0.39 is 6.72 Å². The van der Waals surface area contributed by atoms with Crippen LogP contribution in [0.15, 0.2) is 48.5 Å². The zero-order valence-corrected chi connectivity index (χ0v) is 13.4. The van der Waals surface area contributed by atoms with Crippen LogP contribution in [-0.4, -0.2) is 7.11 Å². The first kappa shape index (κ1) is 15.0. The van der Waals surface area contributed by atoms with Gasteiger partial charge in [0.1, 0.15) is 11.5 Å². The number of rotatable bonds is 5. The van der Waals surface area contributed by atoms with Gasteiger partial charge in [0.25, 0.3) is 0 Å². The summed E-state index contributed by atoms with van der Waals surface area (Å²) in [6, 6.07) is 15.3. The lowest BCUT2D eigenvalue weighted by atomic mass is 10.2. The van der Waals surface area contributed by atoms with Crippen molar-refractivity contribution in [2.45, 2.75) is 13.8 Å². The first-order valence-corrected chi connectivity index (χ1v) is 8.76. The summed E-state index contributed by atoms with van der Waals surface area (Å²) in [5, 5.41) is 0. The monoisotopic (exact) mass is 308 g/mol. The zero-order valence-electron chi connectivity index (χ0n) is 11.7. The van der Waals surface area contributed by atoms with Crippen molar-refractivity contribution in [3.63, 3.8) is 0 Å². The van der Waals surface area contributed by atoms with Crippen LogP contribution >= 0.6 is 6.72 Å². The summed E-state index contributed by atoms with van der Waals surface area (Å²) < 4.78 is 17.0. The Morgan fingerprint density at radius 3 is 1.55 bits per heavy atom. The standard InChI is InChI=1S/C15H17O3PS/c1-12-8-4-6-10-14(12)17-19(20,16-3)18-15-11-7-5-9-13(15)2/h4-11H,1-3H3. The van der Waals surface area contributed by atoms with Crippen molar-refractivity contribution < 1.29 is 13.6 Å². The summed E-state index contributed by atoms with van der Waals surface area (Å²) in [5.41, 5.74) is 1.99. The van der Waals surface area contributed by atoms with E-state index in [1.165, 1.54) is 7.11 Å². The molecule has 0 saturated carbocycles. The predicted octanol–water partition coefficient (Wildman–Crippen LogP) is 4.63. The summed E-state index contributed by atoms with van der Waals surface area (Å²) in [6.07, 6.45) is 0. The molecule has 0 spiro atoms. The van der Waals surface area contributed by atoms with Gasteiger partial charge in [0.15, 0.2) is 0 Å². The van der Waals surface area contributed by atoms with Crippen molar-refractivity contribution in [1.82, 2.24) is 0 Å². The van der Waals surface area contributed by atoms with Crippen LogP contribution in [0.1, 0.15) is 11.1 Å². The molecule has 0 fully saturated rings. The lowest BCUT2D eigenvalue weighted by Gasteiger charge is -2.22. The van der Waals surface area contributed by atoms with Gasteiger partial charge in [0.2, 0.25) is 0 Å². The number of para-hydroxylation sites is 2. The quantitative estimate of drug-likeness (QED) is 0.753. The van der Waals surface area contributed by atoms with Crippen molar-refractivity contribution in [3.8, 4) is 11.5 Å². The molecule has 0 unspecified atom stereocenters. The molecular formula is C15H17O3PS. The molecular weight excluding hydrogens is 291 g/mol. The van der Waals surface area contributed by atoms with E-state index in [0.29, 0.717) is 11.5 Å². The molecule has 5 heteroatoms. The lowest BCUT2D eigenvalue weighted by molar-refractivity contribution is 0.318. The maximum Gasteiger partial charge on any atom is 0.434 e. The fraction of sp³-hybridized carbons (Fsp3) is 0.200. The van der Waals surface area contributed by atoms with E-state index in [2.05, 4.69) is 0 Å². The van der Waals surface area contributed by atoms with Gasteiger partial charge in [-0.25, -0.2) is 0 Å². The molecule has 3 nitrogen and oxygen atoms in total. The third kappa shape index (κ3) is 3.60. The smallest absolute Gasteiger partial charge is 0.415 e. The minimum Gasteiger partial charge on any atom is -0.415 e. The largest absolute Gasteiger partial charge is 0.434 e. The zero-order chi connectivity index (χ0) is 14.6. The van der Waals surface area contributed by atoms with Gasteiger partial charge in [-0.1, -0.05) is 36.4 Å². The minimum absolute atomic E-state index is 0.686. The van der Waals surface area contributed by atoms with Gasteiger partial charge in [-0.05, 0) is 37.1 Å². The van der Waals surface area contributed by atoms with Crippen molar-refractivity contribution in [2.24, 2.45) is 0 Å². The van der Waals surface area contributed by atoms with Crippen LogP contribution in [0.4, 0.5) is 0 Å². The van der Waals surface area contributed by atoms with Crippen molar-refractivity contribution in [2.75, 3.05) is 7.11 Å². The molecule has 0 aromatic heterocycles. The Hall–Kier alpha value is -1.35. The average molecular weight is 308 g/mol. The Balaban J connectivity index is 2.24. The lowest BCUT2D eigenvalue weighted by Crippen LogP contribution is -2.04. The number of benzene rings is 2. The third-order valence-electron chi connectivity index (χ3n) is 2.83. The number of hydrogen-bond donors (Lipinski definition) is 0. The summed E-state index contributed by atoms with van der Waals surface area (Å²) in [4.78, 5) is 0. The highest BCUT2D eigenvalue weighted by atomic mass is 32.5. The molecule has 0 radical (unpaired) electrons. The fourth-order valence-electron chi connectivity index (χ4n) is 1.65. The molecule has 0 amide bonds. The van der Waals surface area contributed by atoms with Crippen molar-refractivity contribution in [1.29, 1.82) is 0 Å². The molecule has 2 aromatic carbocycles. The van der Waals surface area contributed by atoms with Crippen LogP contribution in [-0.2, 0) is 16.3 Å². The Morgan fingerprint density at radius 2 is 1.20 bits per heavy atom. The van der Waals surface area contributed by atoms with E-state index in [4.69, 9.17) is 25.4 Å². The maximum atomic E-state index is 5.82. The van der Waals surface area contributed by atoms with Gasteiger partial charge >= 0.3 is 6.72 Å². The summed E-state index contributed by atoms with van der Waals surface area (Å²) in [6.45, 7) is 1.05. The Bertz CT molecular complexity index is 591. The van der Waals surface area contributed by atoms with E-state index in [1.54, 1.807) is 0 Å². The SMILES string of the molecule is COP(=S)(Oc1ccccc1C)Oc1ccccc1C. The van der Waals surface area contributed by atoms with Crippen LogP contribution in [0.2, 0.25) is 0 Å². The average Bonchev–Trinajstić information content (AvgIpc) is 2.44. The Kier molecular flexibility index (Phi) is 4.81. The molecule has 0 bridgehead atoms. The van der Waals surface area contributed by atoms with E-state index in [9.17, 15) is 0 Å². The van der Waals surface area contributed by atoms with E-state index in [1.807, 2.05) is 62.4 Å². The third-order valence-corrected chi connectivity index (χ3v) is 5.01. The van der Waals surface area contributed by atoms with Gasteiger partial charge < -0.3 is 9.05 Å². The second kappa shape index (κ2) is 6.40. The Morgan fingerprint density at radius 1 is 0.800 bits per heavy atom. The summed E-state index contributed by atoms with van der Waals surface area (Å²) >= 11 is 5.43. The maximum absolute atomic E-state index is 5.82. The summed E-state index contributed by atoms with van der Waals surface area (Å²) in [5.74, 6) is 1.37. The molecule has 0 heterocycles. The van der Waals surface area contributed by atoms with Gasteiger partial charge in [-0.15, -0.1) is 0 Å². The van der Waals surface area contributed by atoms with Crippen LogP contribution in [0.25, 0.3) is 0 Å². The van der Waals surface area contributed by atoms with Gasteiger partial charge in [-0.3, -0.25) is 4.52 Å². The van der Waals surface area contributed by atoms with Crippen molar-refractivity contribution in [3.05, 3.63) is 59.7 Å². The molecule has 0 N–H and O–H groups in total. The molecule has 0 aliphatic heterocycles. The van der Waals surface area contributed by atoms with Crippen LogP contribution < -0.4 is 9.05 Å². The molecule has 20 heavy (non-hydrogen) atoms. The van der Waals surface area contributed by atoms with Crippen LogP contribution in [0, 0.1) is 13.8 Å². The molecule has 0 aliphatic carbocycles. The summed E-state index contributed by atoms with van der Waals surface area (Å²) in [7, 11) is 1.51. The van der Waals surface area contributed by atoms with Crippen LogP contribution in [0.3, 0.4) is 0 Å². The van der Waals surface area contributed by atoms with Crippen LogP contribution in [0.5, 0.6) is 11.5 Å². The van der Waals surface area contributed by atoms with Gasteiger partial charge in [-0.2, -0.15) is 0 Å². The topological polar surface area (TPSA) is 27.7 Å². The highest BCUT2D eigenvalue weighted by Gasteiger charge is 2.24. The minimum atomic E-state index is -2.86.